The first-order valence-corrected chi connectivity index (χ1v) is 4.03. The lowest BCUT2D eigenvalue weighted by molar-refractivity contribution is -0.132. The van der Waals surface area contributed by atoms with E-state index in [4.69, 9.17) is 10.7 Å². The highest BCUT2D eigenvalue weighted by atomic mass is 35.7. The van der Waals surface area contributed by atoms with Crippen molar-refractivity contribution in [2.24, 2.45) is 0 Å². The molecule has 1 atom stereocenters. The predicted octanol–water partition coefficient (Wildman–Crippen LogP) is 0.0362. The molecule has 1 amide bonds. The summed E-state index contributed by atoms with van der Waals surface area (Å²) in [7, 11) is 3.45. The highest BCUT2D eigenvalue weighted by Gasteiger charge is 2.27. The number of nitrogens with zero attached hydrogens (tertiary/aromatic N) is 1. The minimum atomic E-state index is -1.60. The maximum absolute atomic E-state index is 10.3. The Bertz CT molecular complexity index is 140. The first-order chi connectivity index (χ1) is 3.72. The van der Waals surface area contributed by atoms with Crippen molar-refractivity contribution in [2.45, 2.75) is 6.42 Å². The van der Waals surface area contributed by atoms with Crippen molar-refractivity contribution in [1.29, 1.82) is 0 Å². The molecule has 0 aromatic carbocycles. The number of β-lactam (4-membered cyclic amide) rings is 1. The van der Waals surface area contributed by atoms with E-state index in [1.54, 1.807) is 0 Å². The molecule has 1 aliphatic heterocycles. The fraction of sp³-hybridized carbons (Fsp3) is 0.667. The van der Waals surface area contributed by atoms with E-state index >= 15 is 0 Å². The third kappa shape index (κ3) is 0.855. The fourth-order valence-electron chi connectivity index (χ4n) is 0.446. The van der Waals surface area contributed by atoms with Crippen LogP contribution in [0, 0.1) is 0 Å². The Labute approximate surface area is 53.7 Å². The second kappa shape index (κ2) is 2.03. The summed E-state index contributed by atoms with van der Waals surface area (Å²) in [5.41, 5.74) is 0. The molecule has 0 bridgehead atoms. The Morgan fingerprint density at radius 3 is 2.38 bits per heavy atom. The molecule has 0 spiro atoms. The van der Waals surface area contributed by atoms with E-state index in [1.807, 2.05) is 0 Å². The highest BCUT2D eigenvalue weighted by Crippen LogP contribution is 2.12. The Balaban J connectivity index is 2.49. The molecule has 0 aliphatic carbocycles. The van der Waals surface area contributed by atoms with Crippen molar-refractivity contribution in [3.8, 4) is 0 Å². The van der Waals surface area contributed by atoms with Crippen LogP contribution in [0.2, 0.25) is 0 Å². The average Bonchev–Trinajstić information content (AvgIpc) is 1.61. The van der Waals surface area contributed by atoms with E-state index in [2.05, 4.69) is 0 Å². The summed E-state index contributed by atoms with van der Waals surface area (Å²) in [5, 5.41) is 0. The first kappa shape index (κ1) is 6.04. The molecule has 0 radical (unpaired) electrons. The lowest BCUT2D eigenvalue weighted by Gasteiger charge is -2.25. The van der Waals surface area contributed by atoms with Crippen LogP contribution in [0.4, 0.5) is 0 Å². The van der Waals surface area contributed by atoms with Gasteiger partial charge in [0.25, 0.3) is 0 Å². The molecule has 5 heteroatoms. The second-order valence-electron chi connectivity index (χ2n) is 1.45. The topological polar surface area (TPSA) is 37.4 Å². The van der Waals surface area contributed by atoms with E-state index < -0.39 is 10.2 Å². The molecule has 0 saturated carbocycles. The summed E-state index contributed by atoms with van der Waals surface area (Å²) >= 11 is 0. The van der Waals surface area contributed by atoms with E-state index in [0.29, 0.717) is 13.0 Å². The van der Waals surface area contributed by atoms with Crippen molar-refractivity contribution in [3.63, 3.8) is 0 Å². The largest absolute Gasteiger partial charge is 0.274 e. The molecule has 46 valence electrons. The Kier molecular flexibility index (Phi) is 1.53. The summed E-state index contributed by atoms with van der Waals surface area (Å²) in [4.78, 5) is 10.3. The van der Waals surface area contributed by atoms with Gasteiger partial charge in [0.2, 0.25) is 16.1 Å². The van der Waals surface area contributed by atoms with Crippen LogP contribution in [0.15, 0.2) is 0 Å². The number of hydrogen-bond donors (Lipinski definition) is 0. The van der Waals surface area contributed by atoms with Crippen molar-refractivity contribution in [3.05, 3.63) is 0 Å². The molecule has 1 rings (SSSR count). The quantitative estimate of drug-likeness (QED) is 0.394. The number of halogens is 1. The molecule has 1 heterocycles. The molecule has 0 N–H and O–H groups in total. The minimum Gasteiger partial charge on any atom is -0.274 e. The number of carbonyl (C=O) groups excluding carboxylic acids is 1. The van der Waals surface area contributed by atoms with Crippen LogP contribution in [0.3, 0.4) is 0 Å². The molecule has 1 aliphatic rings. The van der Waals surface area contributed by atoms with Crippen LogP contribution < -0.4 is 0 Å². The molecule has 0 aromatic rings. The molecule has 1 unspecified atom stereocenters. The summed E-state index contributed by atoms with van der Waals surface area (Å²) in [6.45, 7) is 0.537. The average molecular weight is 154 g/mol. The van der Waals surface area contributed by atoms with E-state index in [-0.39, 0.29) is 5.91 Å². The van der Waals surface area contributed by atoms with Crippen LogP contribution in [0.1, 0.15) is 6.42 Å². The second-order valence-corrected chi connectivity index (χ2v) is 3.10. The summed E-state index contributed by atoms with van der Waals surface area (Å²) in [6, 6.07) is 0. The third-order valence-corrected chi connectivity index (χ3v) is 2.21. The van der Waals surface area contributed by atoms with Gasteiger partial charge in [-0.2, -0.15) is 0 Å². The van der Waals surface area contributed by atoms with Crippen LogP contribution in [-0.2, 0) is 15.0 Å². The van der Waals surface area contributed by atoms with Gasteiger partial charge in [0.05, 0.1) is 0 Å². The van der Waals surface area contributed by atoms with Gasteiger partial charge in [-0.15, -0.1) is 0 Å². The van der Waals surface area contributed by atoms with Gasteiger partial charge in [0, 0.05) is 23.6 Å². The molecule has 1 saturated heterocycles. The summed E-state index contributed by atoms with van der Waals surface area (Å²) < 4.78 is 11.3. The van der Waals surface area contributed by atoms with Gasteiger partial charge >= 0.3 is 0 Å². The van der Waals surface area contributed by atoms with Gasteiger partial charge in [0.1, 0.15) is 0 Å². The smallest absolute Gasteiger partial charge is 0.237 e. The molecule has 0 aromatic heterocycles. The molecule has 8 heavy (non-hydrogen) atoms. The van der Waals surface area contributed by atoms with Crippen molar-refractivity contribution < 1.29 is 9.00 Å². The van der Waals surface area contributed by atoms with Gasteiger partial charge in [-0.25, -0.2) is 8.51 Å². The lowest BCUT2D eigenvalue weighted by Crippen LogP contribution is -2.42. The number of rotatable bonds is 1. The van der Waals surface area contributed by atoms with E-state index in [1.165, 1.54) is 0 Å². The summed E-state index contributed by atoms with van der Waals surface area (Å²) in [5.74, 6) is -0.127. The van der Waals surface area contributed by atoms with Crippen LogP contribution in [0.25, 0.3) is 0 Å². The zero-order chi connectivity index (χ0) is 6.15. The van der Waals surface area contributed by atoms with Crippen LogP contribution in [-0.4, -0.2) is 21.0 Å². The first-order valence-electron chi connectivity index (χ1n) is 2.10. The zero-order valence-corrected chi connectivity index (χ0v) is 5.54. The maximum Gasteiger partial charge on any atom is 0.237 e. The normalized spacial score (nSPS) is 22.6. The van der Waals surface area contributed by atoms with E-state index in [9.17, 15) is 9.00 Å². The third-order valence-electron chi connectivity index (χ3n) is 0.980. The standard InChI is InChI=1S/C3H4ClNO2S/c4-8(7)5-2-1-3(5)6/h1-2H2. The minimum absolute atomic E-state index is 0.127. The van der Waals surface area contributed by atoms with Crippen molar-refractivity contribution in [1.82, 2.24) is 4.31 Å². The number of amides is 1. The Morgan fingerprint density at radius 2 is 2.38 bits per heavy atom. The molecule has 1 fully saturated rings. The van der Waals surface area contributed by atoms with E-state index in [0.717, 1.165) is 4.31 Å². The highest BCUT2D eigenvalue weighted by molar-refractivity contribution is 8.06. The number of carbonyl (C=O) groups is 1. The molecular formula is C3H4ClNO2S. The fourth-order valence-corrected chi connectivity index (χ4v) is 1.37. The van der Waals surface area contributed by atoms with Gasteiger partial charge < -0.3 is 0 Å². The van der Waals surface area contributed by atoms with Gasteiger partial charge in [0.15, 0.2) is 0 Å². The zero-order valence-electron chi connectivity index (χ0n) is 3.96. The van der Waals surface area contributed by atoms with Crippen molar-refractivity contribution in [2.75, 3.05) is 6.54 Å². The Morgan fingerprint density at radius 1 is 1.75 bits per heavy atom. The maximum atomic E-state index is 10.3. The van der Waals surface area contributed by atoms with Crippen LogP contribution in [0.5, 0.6) is 0 Å². The lowest BCUT2D eigenvalue weighted by atomic mass is 10.3. The molecule has 3 nitrogen and oxygen atoms in total. The number of hydrogen-bond acceptors (Lipinski definition) is 2. The van der Waals surface area contributed by atoms with Crippen LogP contribution >= 0.6 is 10.7 Å². The van der Waals surface area contributed by atoms with Crippen molar-refractivity contribution >= 4 is 26.8 Å². The van der Waals surface area contributed by atoms with Gasteiger partial charge in [-0.3, -0.25) is 4.79 Å². The monoisotopic (exact) mass is 153 g/mol. The van der Waals surface area contributed by atoms with Gasteiger partial charge in [-0.05, 0) is 0 Å². The van der Waals surface area contributed by atoms with Gasteiger partial charge in [-0.1, -0.05) is 0 Å². The predicted molar refractivity (Wildman–Crippen MR) is 30.3 cm³/mol. The Hall–Kier alpha value is -0.0900. The molecular weight excluding hydrogens is 150 g/mol. The SMILES string of the molecule is O=C1CCN1S(=O)Cl. The summed E-state index contributed by atoms with van der Waals surface area (Å²) in [6.07, 6.45) is 0.485.